The monoisotopic (exact) mass is 277 g/mol. The molecule has 0 spiro atoms. The molecule has 0 saturated carbocycles. The van der Waals surface area contributed by atoms with Crippen LogP contribution in [0.15, 0.2) is 24.3 Å². The Morgan fingerprint density at radius 3 is 2.40 bits per heavy atom. The summed E-state index contributed by atoms with van der Waals surface area (Å²) in [4.78, 5) is 11.8. The molecule has 1 aromatic rings. The number of hydrogen-bond donors (Lipinski definition) is 3. The summed E-state index contributed by atoms with van der Waals surface area (Å²) in [7, 11) is 1.93. The first-order chi connectivity index (χ1) is 9.56. The zero-order chi connectivity index (χ0) is 15.0. The minimum atomic E-state index is -0.136. The largest absolute Gasteiger partial charge is 0.335 e. The molecule has 0 aromatic heterocycles. The highest BCUT2D eigenvalue weighted by Crippen LogP contribution is 2.15. The third-order valence-corrected chi connectivity index (χ3v) is 3.47. The van der Waals surface area contributed by atoms with Crippen molar-refractivity contribution in [3.05, 3.63) is 29.8 Å². The van der Waals surface area contributed by atoms with Crippen LogP contribution in [0.4, 0.5) is 10.5 Å². The van der Waals surface area contributed by atoms with Crippen molar-refractivity contribution in [3.8, 4) is 0 Å². The Bertz CT molecular complexity index is 403. The van der Waals surface area contributed by atoms with Crippen molar-refractivity contribution in [1.82, 2.24) is 10.6 Å². The van der Waals surface area contributed by atoms with Crippen molar-refractivity contribution in [2.75, 3.05) is 12.4 Å². The standard InChI is InChI=1S/C16H27N3O/c1-5-6-7-12(2)18-16(20)19-15-10-8-14(9-11-15)13(3)17-4/h8-13,17H,5-7H2,1-4H3,(H2,18,19,20). The van der Waals surface area contributed by atoms with Gasteiger partial charge < -0.3 is 16.0 Å². The first-order valence-electron chi connectivity index (χ1n) is 7.41. The second-order valence-electron chi connectivity index (χ2n) is 5.27. The van der Waals surface area contributed by atoms with E-state index in [9.17, 15) is 4.79 Å². The van der Waals surface area contributed by atoms with Crippen molar-refractivity contribution >= 4 is 11.7 Å². The van der Waals surface area contributed by atoms with Crippen LogP contribution in [0, 0.1) is 0 Å². The Labute approximate surface area is 122 Å². The van der Waals surface area contributed by atoms with Gasteiger partial charge in [-0.2, -0.15) is 0 Å². The number of amides is 2. The number of benzene rings is 1. The molecule has 1 rings (SSSR count). The Morgan fingerprint density at radius 2 is 1.85 bits per heavy atom. The van der Waals surface area contributed by atoms with Crippen LogP contribution in [0.1, 0.15) is 51.6 Å². The number of unbranched alkanes of at least 4 members (excludes halogenated alkanes) is 1. The molecule has 20 heavy (non-hydrogen) atoms. The molecule has 4 nitrogen and oxygen atoms in total. The van der Waals surface area contributed by atoms with Gasteiger partial charge in [0.2, 0.25) is 0 Å². The van der Waals surface area contributed by atoms with E-state index in [1.807, 2.05) is 38.2 Å². The maximum atomic E-state index is 11.8. The summed E-state index contributed by atoms with van der Waals surface area (Å²) in [5.41, 5.74) is 2.02. The summed E-state index contributed by atoms with van der Waals surface area (Å²) in [6.45, 7) is 6.29. The van der Waals surface area contributed by atoms with E-state index in [4.69, 9.17) is 0 Å². The summed E-state index contributed by atoms with van der Waals surface area (Å²) < 4.78 is 0. The Balaban J connectivity index is 2.45. The van der Waals surface area contributed by atoms with E-state index in [1.165, 1.54) is 5.56 Å². The zero-order valence-corrected chi connectivity index (χ0v) is 13.0. The zero-order valence-electron chi connectivity index (χ0n) is 13.0. The number of nitrogens with one attached hydrogen (secondary N) is 3. The maximum Gasteiger partial charge on any atom is 0.319 e. The quantitative estimate of drug-likeness (QED) is 0.712. The van der Waals surface area contributed by atoms with E-state index in [2.05, 4.69) is 29.8 Å². The molecule has 112 valence electrons. The highest BCUT2D eigenvalue weighted by Gasteiger charge is 2.07. The van der Waals surface area contributed by atoms with Crippen molar-refractivity contribution < 1.29 is 4.79 Å². The van der Waals surface area contributed by atoms with Gasteiger partial charge in [-0.05, 0) is 45.0 Å². The molecule has 3 N–H and O–H groups in total. The van der Waals surface area contributed by atoms with Crippen LogP contribution in [-0.4, -0.2) is 19.1 Å². The van der Waals surface area contributed by atoms with Gasteiger partial charge in [0, 0.05) is 17.8 Å². The average Bonchev–Trinajstić information content (AvgIpc) is 2.45. The van der Waals surface area contributed by atoms with Gasteiger partial charge in [-0.3, -0.25) is 0 Å². The number of carbonyl (C=O) groups excluding carboxylic acids is 1. The first-order valence-corrected chi connectivity index (χ1v) is 7.41. The lowest BCUT2D eigenvalue weighted by molar-refractivity contribution is 0.248. The SMILES string of the molecule is CCCCC(C)NC(=O)Nc1ccc(C(C)NC)cc1. The second kappa shape index (κ2) is 8.59. The summed E-state index contributed by atoms with van der Waals surface area (Å²) >= 11 is 0. The van der Waals surface area contributed by atoms with Gasteiger partial charge in [0.05, 0.1) is 0 Å². The molecule has 2 unspecified atom stereocenters. The molecule has 0 heterocycles. The normalized spacial score (nSPS) is 13.6. The summed E-state index contributed by atoms with van der Waals surface area (Å²) in [6, 6.07) is 8.29. The molecule has 0 radical (unpaired) electrons. The number of urea groups is 1. The van der Waals surface area contributed by atoms with Gasteiger partial charge in [-0.1, -0.05) is 31.9 Å². The van der Waals surface area contributed by atoms with Crippen LogP contribution >= 0.6 is 0 Å². The van der Waals surface area contributed by atoms with Crippen LogP contribution in [-0.2, 0) is 0 Å². The fourth-order valence-corrected chi connectivity index (χ4v) is 2.00. The lowest BCUT2D eigenvalue weighted by atomic mass is 10.1. The third-order valence-electron chi connectivity index (χ3n) is 3.47. The van der Waals surface area contributed by atoms with Crippen molar-refractivity contribution in [2.24, 2.45) is 0 Å². The fourth-order valence-electron chi connectivity index (χ4n) is 2.00. The predicted molar refractivity (Wildman–Crippen MR) is 85.1 cm³/mol. The molecular weight excluding hydrogens is 250 g/mol. The lowest BCUT2D eigenvalue weighted by Crippen LogP contribution is -2.36. The summed E-state index contributed by atoms with van der Waals surface area (Å²) in [5.74, 6) is 0. The molecule has 0 saturated heterocycles. The minimum absolute atomic E-state index is 0.136. The van der Waals surface area contributed by atoms with Crippen molar-refractivity contribution in [2.45, 2.75) is 52.1 Å². The summed E-state index contributed by atoms with van der Waals surface area (Å²) in [5, 5.41) is 9.00. The highest BCUT2D eigenvalue weighted by atomic mass is 16.2. The minimum Gasteiger partial charge on any atom is -0.335 e. The van der Waals surface area contributed by atoms with Crippen molar-refractivity contribution in [3.63, 3.8) is 0 Å². The molecule has 0 aliphatic carbocycles. The Morgan fingerprint density at radius 1 is 1.20 bits per heavy atom. The molecule has 0 aliphatic heterocycles. The van der Waals surface area contributed by atoms with Crippen LogP contribution in [0.3, 0.4) is 0 Å². The molecule has 1 aromatic carbocycles. The van der Waals surface area contributed by atoms with Gasteiger partial charge in [0.15, 0.2) is 0 Å². The second-order valence-corrected chi connectivity index (χ2v) is 5.27. The van der Waals surface area contributed by atoms with Gasteiger partial charge in [0.1, 0.15) is 0 Å². The molecule has 2 atom stereocenters. The molecule has 2 amide bonds. The Kier molecular flexibility index (Phi) is 7.09. The number of rotatable bonds is 7. The average molecular weight is 277 g/mol. The number of anilines is 1. The maximum absolute atomic E-state index is 11.8. The van der Waals surface area contributed by atoms with E-state index < -0.39 is 0 Å². The van der Waals surface area contributed by atoms with E-state index in [-0.39, 0.29) is 12.1 Å². The topological polar surface area (TPSA) is 53.2 Å². The van der Waals surface area contributed by atoms with E-state index in [0.717, 1.165) is 24.9 Å². The molecule has 0 bridgehead atoms. The molecule has 0 aliphatic rings. The first kappa shape index (κ1) is 16.5. The molecule has 4 heteroatoms. The van der Waals surface area contributed by atoms with E-state index in [1.54, 1.807) is 0 Å². The summed E-state index contributed by atoms with van der Waals surface area (Å²) in [6.07, 6.45) is 3.30. The lowest BCUT2D eigenvalue weighted by Gasteiger charge is -2.15. The van der Waals surface area contributed by atoms with E-state index in [0.29, 0.717) is 6.04 Å². The van der Waals surface area contributed by atoms with Crippen LogP contribution < -0.4 is 16.0 Å². The van der Waals surface area contributed by atoms with Crippen LogP contribution in [0.25, 0.3) is 0 Å². The van der Waals surface area contributed by atoms with Crippen molar-refractivity contribution in [1.29, 1.82) is 0 Å². The predicted octanol–water partition coefficient (Wildman–Crippen LogP) is 3.67. The smallest absolute Gasteiger partial charge is 0.319 e. The van der Waals surface area contributed by atoms with Gasteiger partial charge in [-0.15, -0.1) is 0 Å². The van der Waals surface area contributed by atoms with Gasteiger partial charge in [0.25, 0.3) is 0 Å². The van der Waals surface area contributed by atoms with Crippen LogP contribution in [0.5, 0.6) is 0 Å². The third kappa shape index (κ3) is 5.61. The number of carbonyl (C=O) groups is 1. The highest BCUT2D eigenvalue weighted by molar-refractivity contribution is 5.89. The molecular formula is C16H27N3O. The van der Waals surface area contributed by atoms with Gasteiger partial charge in [-0.25, -0.2) is 4.79 Å². The Hall–Kier alpha value is -1.55. The van der Waals surface area contributed by atoms with E-state index >= 15 is 0 Å². The van der Waals surface area contributed by atoms with Gasteiger partial charge >= 0.3 is 6.03 Å². The van der Waals surface area contributed by atoms with Crippen LogP contribution in [0.2, 0.25) is 0 Å². The fraction of sp³-hybridized carbons (Fsp3) is 0.562. The number of hydrogen-bond acceptors (Lipinski definition) is 2. The molecule has 0 fully saturated rings.